The number of furan rings is 1. The average Bonchev–Trinajstić information content (AvgIpc) is 3.23. The van der Waals surface area contributed by atoms with E-state index in [1.165, 1.54) is 36.8 Å². The van der Waals surface area contributed by atoms with Crippen LogP contribution in [0.2, 0.25) is 0 Å². The molecular weight excluding hydrogens is 323 g/mol. The van der Waals surface area contributed by atoms with Gasteiger partial charge in [-0.2, -0.15) is 18.3 Å². The second-order valence-electron chi connectivity index (χ2n) is 4.99. The van der Waals surface area contributed by atoms with Crippen LogP contribution in [0.15, 0.2) is 59.5 Å². The van der Waals surface area contributed by atoms with Crippen molar-refractivity contribution in [2.45, 2.75) is 12.7 Å². The number of carbonyl (C=O) groups is 1. The van der Waals surface area contributed by atoms with E-state index in [2.05, 4.69) is 10.4 Å². The first-order valence-electron chi connectivity index (χ1n) is 6.96. The van der Waals surface area contributed by atoms with E-state index in [1.807, 2.05) is 0 Å². The van der Waals surface area contributed by atoms with Crippen molar-refractivity contribution >= 4 is 5.91 Å². The average molecular weight is 335 g/mol. The van der Waals surface area contributed by atoms with Crippen LogP contribution in [0.3, 0.4) is 0 Å². The molecule has 24 heavy (non-hydrogen) atoms. The second kappa shape index (κ2) is 6.23. The minimum atomic E-state index is -4.53. The van der Waals surface area contributed by atoms with Crippen LogP contribution in [0.1, 0.15) is 21.6 Å². The normalized spacial score (nSPS) is 11.5. The van der Waals surface area contributed by atoms with Crippen molar-refractivity contribution in [2.75, 3.05) is 0 Å². The monoisotopic (exact) mass is 335 g/mol. The largest absolute Gasteiger partial charge is 0.472 e. The predicted molar refractivity (Wildman–Crippen MR) is 78.4 cm³/mol. The van der Waals surface area contributed by atoms with Crippen LogP contribution in [0.25, 0.3) is 5.69 Å². The van der Waals surface area contributed by atoms with Crippen LogP contribution in [-0.4, -0.2) is 15.7 Å². The molecule has 0 fully saturated rings. The summed E-state index contributed by atoms with van der Waals surface area (Å²) in [4.78, 5) is 12.1. The Bertz CT molecular complexity index is 838. The van der Waals surface area contributed by atoms with Gasteiger partial charge in [0.2, 0.25) is 0 Å². The van der Waals surface area contributed by atoms with E-state index in [1.54, 1.807) is 6.07 Å². The van der Waals surface area contributed by atoms with Gasteiger partial charge in [-0.25, -0.2) is 4.68 Å². The summed E-state index contributed by atoms with van der Waals surface area (Å²) >= 11 is 0. The third kappa shape index (κ3) is 3.32. The highest BCUT2D eigenvalue weighted by Crippen LogP contribution is 2.30. The van der Waals surface area contributed by atoms with Crippen LogP contribution in [0.4, 0.5) is 13.2 Å². The number of nitrogens with zero attached hydrogens (tertiary/aromatic N) is 2. The number of carbonyl (C=O) groups excluding carboxylic acids is 1. The van der Waals surface area contributed by atoms with Gasteiger partial charge in [-0.05, 0) is 30.3 Å². The fourth-order valence-electron chi connectivity index (χ4n) is 2.18. The minimum Gasteiger partial charge on any atom is -0.472 e. The summed E-state index contributed by atoms with van der Waals surface area (Å²) in [6.45, 7) is 0.259. The van der Waals surface area contributed by atoms with E-state index in [0.717, 1.165) is 22.5 Å². The Morgan fingerprint density at radius 3 is 2.79 bits per heavy atom. The van der Waals surface area contributed by atoms with E-state index >= 15 is 0 Å². The zero-order chi connectivity index (χ0) is 17.2. The van der Waals surface area contributed by atoms with Gasteiger partial charge in [0.25, 0.3) is 5.91 Å². The van der Waals surface area contributed by atoms with Gasteiger partial charge in [-0.15, -0.1) is 0 Å². The molecule has 0 saturated heterocycles. The maximum Gasteiger partial charge on any atom is 0.433 e. The number of alkyl halides is 3. The van der Waals surface area contributed by atoms with Crippen molar-refractivity contribution in [1.29, 1.82) is 0 Å². The van der Waals surface area contributed by atoms with Gasteiger partial charge < -0.3 is 9.73 Å². The van der Waals surface area contributed by atoms with Gasteiger partial charge in [-0.3, -0.25) is 4.79 Å². The van der Waals surface area contributed by atoms with Gasteiger partial charge in [0.15, 0.2) is 0 Å². The first-order chi connectivity index (χ1) is 11.4. The Morgan fingerprint density at radius 2 is 2.08 bits per heavy atom. The van der Waals surface area contributed by atoms with Crippen molar-refractivity contribution in [3.63, 3.8) is 0 Å². The number of hydrogen-bond acceptors (Lipinski definition) is 3. The third-order valence-electron chi connectivity index (χ3n) is 3.32. The standard InChI is InChI=1S/C16H12F3N3O2/c17-16(18,19)14-4-6-21-22(14)13-3-1-2-12(8-13)15(23)20-9-11-5-7-24-10-11/h1-8,10H,9H2,(H,20,23). The number of rotatable bonds is 4. The molecule has 8 heteroatoms. The number of hydrogen-bond donors (Lipinski definition) is 1. The highest BCUT2D eigenvalue weighted by atomic mass is 19.4. The highest BCUT2D eigenvalue weighted by Gasteiger charge is 2.35. The summed E-state index contributed by atoms with van der Waals surface area (Å²) in [6, 6.07) is 8.42. The zero-order valence-corrected chi connectivity index (χ0v) is 12.2. The molecule has 0 atom stereocenters. The Morgan fingerprint density at radius 1 is 1.25 bits per heavy atom. The van der Waals surface area contributed by atoms with Crippen molar-refractivity contribution in [3.05, 3.63) is 71.9 Å². The lowest BCUT2D eigenvalue weighted by Crippen LogP contribution is -2.22. The Hall–Kier alpha value is -3.03. The molecule has 1 aromatic carbocycles. The Balaban J connectivity index is 1.82. The molecule has 3 rings (SSSR count). The maximum atomic E-state index is 13.0. The lowest BCUT2D eigenvalue weighted by atomic mass is 10.2. The molecule has 1 N–H and O–H groups in total. The molecule has 0 aliphatic carbocycles. The number of benzene rings is 1. The van der Waals surface area contributed by atoms with Crippen molar-refractivity contribution < 1.29 is 22.4 Å². The highest BCUT2D eigenvalue weighted by molar-refractivity contribution is 5.94. The SMILES string of the molecule is O=C(NCc1ccoc1)c1cccc(-n2nccc2C(F)(F)F)c1. The Kier molecular flexibility index (Phi) is 4.11. The van der Waals surface area contributed by atoms with E-state index < -0.39 is 17.8 Å². The van der Waals surface area contributed by atoms with E-state index in [-0.39, 0.29) is 17.8 Å². The molecule has 124 valence electrons. The Labute approximate surface area is 134 Å². The topological polar surface area (TPSA) is 60.1 Å². The van der Waals surface area contributed by atoms with Gasteiger partial charge >= 0.3 is 6.18 Å². The van der Waals surface area contributed by atoms with Crippen LogP contribution in [-0.2, 0) is 12.7 Å². The van der Waals surface area contributed by atoms with Gasteiger partial charge in [0, 0.05) is 17.7 Å². The van der Waals surface area contributed by atoms with Crippen molar-refractivity contribution in [3.8, 4) is 5.69 Å². The van der Waals surface area contributed by atoms with Gasteiger partial charge in [-0.1, -0.05) is 6.07 Å². The molecular formula is C16H12F3N3O2. The summed E-state index contributed by atoms with van der Waals surface area (Å²) < 4.78 is 44.5. The summed E-state index contributed by atoms with van der Waals surface area (Å²) in [5.74, 6) is -0.404. The van der Waals surface area contributed by atoms with Gasteiger partial charge in [0.05, 0.1) is 24.4 Å². The maximum absolute atomic E-state index is 13.0. The van der Waals surface area contributed by atoms with E-state index in [9.17, 15) is 18.0 Å². The first-order valence-corrected chi connectivity index (χ1v) is 6.96. The fraction of sp³-hybridized carbons (Fsp3) is 0.125. The number of nitrogens with one attached hydrogen (secondary N) is 1. The van der Waals surface area contributed by atoms with Crippen LogP contribution in [0.5, 0.6) is 0 Å². The molecule has 0 spiro atoms. The molecule has 3 aromatic rings. The predicted octanol–water partition coefficient (Wildman–Crippen LogP) is 3.41. The van der Waals surface area contributed by atoms with Crippen molar-refractivity contribution in [2.24, 2.45) is 0 Å². The number of amides is 1. The molecule has 0 aliphatic heterocycles. The number of aromatic nitrogens is 2. The van der Waals surface area contributed by atoms with Crippen molar-refractivity contribution in [1.82, 2.24) is 15.1 Å². The quantitative estimate of drug-likeness (QED) is 0.795. The van der Waals surface area contributed by atoms with E-state index in [0.29, 0.717) is 0 Å². The summed E-state index contributed by atoms with van der Waals surface area (Å²) in [7, 11) is 0. The van der Waals surface area contributed by atoms with Crippen LogP contribution >= 0.6 is 0 Å². The number of halogens is 3. The zero-order valence-electron chi connectivity index (χ0n) is 12.2. The lowest BCUT2D eigenvalue weighted by molar-refractivity contribution is -0.142. The first kappa shape index (κ1) is 15.9. The van der Waals surface area contributed by atoms with Crippen LogP contribution < -0.4 is 5.32 Å². The summed E-state index contributed by atoms with van der Waals surface area (Å²) in [5.41, 5.74) is 0.271. The molecule has 0 radical (unpaired) electrons. The van der Waals surface area contributed by atoms with E-state index in [4.69, 9.17) is 4.42 Å². The summed E-state index contributed by atoms with van der Waals surface area (Å²) in [6.07, 6.45) is -0.487. The molecule has 0 aliphatic rings. The molecule has 0 unspecified atom stereocenters. The second-order valence-corrected chi connectivity index (χ2v) is 4.99. The van der Waals surface area contributed by atoms with Crippen LogP contribution in [0, 0.1) is 0 Å². The smallest absolute Gasteiger partial charge is 0.433 e. The molecule has 0 saturated carbocycles. The third-order valence-corrected chi connectivity index (χ3v) is 3.32. The molecule has 1 amide bonds. The van der Waals surface area contributed by atoms with Gasteiger partial charge in [0.1, 0.15) is 5.69 Å². The minimum absolute atomic E-state index is 0.156. The molecule has 2 aromatic heterocycles. The molecule has 0 bridgehead atoms. The summed E-state index contributed by atoms with van der Waals surface area (Å²) in [5, 5.41) is 6.36. The lowest BCUT2D eigenvalue weighted by Gasteiger charge is -2.11. The molecule has 5 nitrogen and oxygen atoms in total. The fourth-order valence-corrected chi connectivity index (χ4v) is 2.18. The molecule has 2 heterocycles.